The lowest BCUT2D eigenvalue weighted by atomic mass is 10.3. The van der Waals surface area contributed by atoms with Gasteiger partial charge in [-0.15, -0.1) is 0 Å². The summed E-state index contributed by atoms with van der Waals surface area (Å²) in [6.07, 6.45) is 1.25. The van der Waals surface area contributed by atoms with E-state index in [9.17, 15) is 18.4 Å². The molecule has 0 spiro atoms. The third kappa shape index (κ3) is 1.90. The summed E-state index contributed by atoms with van der Waals surface area (Å²) in [4.78, 5) is 24.5. The second-order valence-corrected chi connectivity index (χ2v) is 4.29. The largest absolute Gasteiger partial charge is 0.396 e. The lowest BCUT2D eigenvalue weighted by Crippen LogP contribution is -2.31. The van der Waals surface area contributed by atoms with Gasteiger partial charge in [0.1, 0.15) is 0 Å². The molecule has 1 heterocycles. The van der Waals surface area contributed by atoms with Crippen LogP contribution in [0, 0.1) is 18.8 Å². The second kappa shape index (κ2) is 3.76. The van der Waals surface area contributed by atoms with Gasteiger partial charge in [0.05, 0.1) is 18.4 Å². The quantitative estimate of drug-likeness (QED) is 0.770. The Bertz CT molecular complexity index is 549. The van der Waals surface area contributed by atoms with Gasteiger partial charge in [0.15, 0.2) is 0 Å². The van der Waals surface area contributed by atoms with Crippen molar-refractivity contribution in [3.8, 4) is 0 Å². The molecule has 0 amide bonds. The molecule has 0 aromatic carbocycles. The number of H-pyrrole nitrogens is 1. The molecule has 0 aliphatic heterocycles. The van der Waals surface area contributed by atoms with Gasteiger partial charge in [-0.05, 0) is 6.92 Å². The Hall–Kier alpha value is -1.50. The number of rotatable bonds is 3. The number of aryl methyl sites for hydroxylation is 1. The van der Waals surface area contributed by atoms with Crippen LogP contribution in [0.1, 0.15) is 5.56 Å². The number of aromatic nitrogens is 2. The first-order valence-corrected chi connectivity index (χ1v) is 5.17. The molecular weight excluding hydrogens is 234 g/mol. The van der Waals surface area contributed by atoms with Crippen LogP contribution in [-0.4, -0.2) is 27.2 Å². The number of hydrogen-bond donors (Lipinski definition) is 2. The normalized spacial score (nSPS) is 25.9. The first-order chi connectivity index (χ1) is 7.87. The molecule has 0 unspecified atom stereocenters. The molecule has 0 bridgehead atoms. The molecule has 1 aliphatic rings. The average molecular weight is 246 g/mol. The zero-order chi connectivity index (χ0) is 12.8. The molecule has 5 nitrogen and oxygen atoms in total. The van der Waals surface area contributed by atoms with Crippen LogP contribution in [0.5, 0.6) is 0 Å². The Morgan fingerprint density at radius 1 is 1.47 bits per heavy atom. The van der Waals surface area contributed by atoms with Crippen molar-refractivity contribution in [1.82, 2.24) is 9.55 Å². The van der Waals surface area contributed by atoms with E-state index >= 15 is 0 Å². The van der Waals surface area contributed by atoms with E-state index in [0.29, 0.717) is 0 Å². The fourth-order valence-corrected chi connectivity index (χ4v) is 1.92. The SMILES string of the molecule is Cc1cn(C[C@H]2[C@H](CO)C2(F)F)c(=O)[nH]c1=O. The molecule has 1 aliphatic carbocycles. The number of hydrogen-bond acceptors (Lipinski definition) is 3. The van der Waals surface area contributed by atoms with E-state index in [1.54, 1.807) is 0 Å². The maximum atomic E-state index is 13.1. The minimum Gasteiger partial charge on any atom is -0.396 e. The molecule has 2 rings (SSSR count). The van der Waals surface area contributed by atoms with Crippen molar-refractivity contribution in [2.45, 2.75) is 19.4 Å². The smallest absolute Gasteiger partial charge is 0.328 e. The third-order valence-electron chi connectivity index (χ3n) is 3.14. The van der Waals surface area contributed by atoms with Gasteiger partial charge in [-0.1, -0.05) is 0 Å². The highest BCUT2D eigenvalue weighted by Gasteiger charge is 2.67. The lowest BCUT2D eigenvalue weighted by molar-refractivity contribution is 0.0701. The van der Waals surface area contributed by atoms with Gasteiger partial charge in [0.25, 0.3) is 11.5 Å². The standard InChI is InChI=1S/C10H12F2N2O3/c1-5-2-14(9(17)13-8(5)16)3-6-7(4-15)10(6,11)12/h2,6-7,15H,3-4H2,1H3,(H,13,16,17)/t6-,7-/m0/s1. The van der Waals surface area contributed by atoms with Gasteiger partial charge in [0.2, 0.25) is 0 Å². The summed E-state index contributed by atoms with van der Waals surface area (Å²) in [6, 6.07) is 0. The molecule has 1 aromatic heterocycles. The summed E-state index contributed by atoms with van der Waals surface area (Å²) < 4.78 is 27.3. The van der Waals surface area contributed by atoms with E-state index < -0.39 is 35.6 Å². The van der Waals surface area contributed by atoms with Crippen molar-refractivity contribution in [3.63, 3.8) is 0 Å². The Morgan fingerprint density at radius 2 is 2.12 bits per heavy atom. The van der Waals surface area contributed by atoms with Crippen LogP contribution >= 0.6 is 0 Å². The summed E-state index contributed by atoms with van der Waals surface area (Å²) >= 11 is 0. The van der Waals surface area contributed by atoms with Crippen molar-refractivity contribution >= 4 is 0 Å². The van der Waals surface area contributed by atoms with Gasteiger partial charge in [-0.2, -0.15) is 0 Å². The highest BCUT2D eigenvalue weighted by molar-refractivity contribution is 5.07. The van der Waals surface area contributed by atoms with Gasteiger partial charge in [-0.3, -0.25) is 14.3 Å². The molecular formula is C10H12F2N2O3. The van der Waals surface area contributed by atoms with Crippen molar-refractivity contribution in [3.05, 3.63) is 32.6 Å². The molecule has 2 N–H and O–H groups in total. The molecule has 2 atom stereocenters. The number of aliphatic hydroxyl groups excluding tert-OH is 1. The molecule has 7 heteroatoms. The molecule has 94 valence electrons. The summed E-state index contributed by atoms with van der Waals surface area (Å²) in [5.41, 5.74) is -0.943. The minimum atomic E-state index is -2.93. The van der Waals surface area contributed by atoms with Crippen LogP contribution < -0.4 is 11.2 Å². The van der Waals surface area contributed by atoms with Gasteiger partial charge in [0, 0.05) is 18.3 Å². The van der Waals surface area contributed by atoms with E-state index in [-0.39, 0.29) is 12.1 Å². The maximum Gasteiger partial charge on any atom is 0.328 e. The Kier molecular flexibility index (Phi) is 2.65. The summed E-state index contributed by atoms with van der Waals surface area (Å²) in [5, 5.41) is 8.73. The maximum absolute atomic E-state index is 13.1. The van der Waals surface area contributed by atoms with Crippen molar-refractivity contribution in [2.75, 3.05) is 6.61 Å². The molecule has 1 aromatic rings. The highest BCUT2D eigenvalue weighted by atomic mass is 19.3. The van der Waals surface area contributed by atoms with Crippen molar-refractivity contribution in [2.24, 2.45) is 11.8 Å². The first-order valence-electron chi connectivity index (χ1n) is 5.17. The zero-order valence-corrected chi connectivity index (χ0v) is 9.11. The van der Waals surface area contributed by atoms with E-state index in [1.165, 1.54) is 13.1 Å². The summed E-state index contributed by atoms with van der Waals surface area (Å²) in [6.45, 7) is 0.687. The summed E-state index contributed by atoms with van der Waals surface area (Å²) in [5.74, 6) is -5.07. The fraction of sp³-hybridized carbons (Fsp3) is 0.600. The van der Waals surface area contributed by atoms with Crippen LogP contribution in [0.3, 0.4) is 0 Å². The third-order valence-corrected chi connectivity index (χ3v) is 3.14. The lowest BCUT2D eigenvalue weighted by Gasteiger charge is -2.04. The monoisotopic (exact) mass is 246 g/mol. The van der Waals surface area contributed by atoms with Crippen LogP contribution in [0.4, 0.5) is 8.78 Å². The molecule has 1 fully saturated rings. The number of alkyl halides is 2. The highest BCUT2D eigenvalue weighted by Crippen LogP contribution is 2.55. The summed E-state index contributed by atoms with van der Waals surface area (Å²) in [7, 11) is 0. The number of halogens is 2. The van der Waals surface area contributed by atoms with Gasteiger partial charge >= 0.3 is 5.69 Å². The number of aromatic amines is 1. The van der Waals surface area contributed by atoms with Crippen LogP contribution in [0.25, 0.3) is 0 Å². The minimum absolute atomic E-state index is 0.200. The molecule has 17 heavy (non-hydrogen) atoms. The predicted molar refractivity (Wildman–Crippen MR) is 55.1 cm³/mol. The van der Waals surface area contributed by atoms with Crippen LogP contribution in [-0.2, 0) is 6.54 Å². The molecule has 0 radical (unpaired) electrons. The van der Waals surface area contributed by atoms with E-state index in [1.807, 2.05) is 4.98 Å². The van der Waals surface area contributed by atoms with Crippen molar-refractivity contribution in [1.29, 1.82) is 0 Å². The predicted octanol–water partition coefficient (Wildman–Crippen LogP) is -0.281. The van der Waals surface area contributed by atoms with Gasteiger partial charge < -0.3 is 5.11 Å². The van der Waals surface area contributed by atoms with Crippen LogP contribution in [0.2, 0.25) is 0 Å². The van der Waals surface area contributed by atoms with E-state index in [4.69, 9.17) is 5.11 Å². The topological polar surface area (TPSA) is 75.1 Å². The van der Waals surface area contributed by atoms with Crippen LogP contribution in [0.15, 0.2) is 15.8 Å². The Balaban J connectivity index is 2.24. The second-order valence-electron chi connectivity index (χ2n) is 4.29. The number of aliphatic hydroxyl groups is 1. The Morgan fingerprint density at radius 3 is 2.65 bits per heavy atom. The first kappa shape index (κ1) is 12.0. The zero-order valence-electron chi connectivity index (χ0n) is 9.11. The molecule has 0 saturated heterocycles. The van der Waals surface area contributed by atoms with Crippen molar-refractivity contribution < 1.29 is 13.9 Å². The number of nitrogens with zero attached hydrogens (tertiary/aromatic N) is 1. The fourth-order valence-electron chi connectivity index (χ4n) is 1.92. The van der Waals surface area contributed by atoms with E-state index in [0.717, 1.165) is 4.57 Å². The molecule has 1 saturated carbocycles. The Labute approximate surface area is 94.7 Å². The van der Waals surface area contributed by atoms with Gasteiger partial charge in [-0.25, -0.2) is 13.6 Å². The average Bonchev–Trinajstić information content (AvgIpc) is 2.76. The van der Waals surface area contributed by atoms with E-state index in [2.05, 4.69) is 0 Å². The number of nitrogens with one attached hydrogen (secondary N) is 1.